The standard InChI is InChI=1S/C26H34N4O4/c1-17-15-33-25(19(3)27-17)23(31)13-29-9-5-21(6-10-29)22-7-11-30(12-8-22)14-24(32)26-20(4)28-18(2)16-34-26/h5-9,11,17-20,25-28H,13-16H2,1-4H3/q+2. The van der Waals surface area contributed by atoms with E-state index in [1.807, 2.05) is 64.4 Å². The van der Waals surface area contributed by atoms with E-state index < -0.39 is 12.2 Å². The van der Waals surface area contributed by atoms with Gasteiger partial charge in [-0.2, -0.15) is 9.80 Å². The van der Waals surface area contributed by atoms with E-state index in [1.165, 1.54) is 0 Å². The largest absolute Gasteiger partial charge is 0.367 e. The molecular weight excluding hydrogens is 432 g/mol. The monoisotopic (exact) mass is 466 g/mol. The number of ketones is 2. The average molecular weight is 467 g/mol. The Labute approximate surface area is 202 Å². The van der Waals surface area contributed by atoms with Crippen LogP contribution in [0.15, 0.2) is 47.9 Å². The lowest BCUT2D eigenvalue weighted by atomic mass is 10.0. The van der Waals surface area contributed by atoms with Crippen molar-refractivity contribution >= 4 is 11.6 Å². The third-order valence-corrected chi connectivity index (χ3v) is 6.31. The minimum Gasteiger partial charge on any atom is -0.367 e. The van der Waals surface area contributed by atoms with Gasteiger partial charge in [0.15, 0.2) is 22.7 Å². The molecule has 0 saturated carbocycles. The SMILES string of the molecule is CC1COC(C(=O)CN2[C+]=CC(=C3C=[C+]N(CC(=O)C4OCC(C)NC4C)C=C3)C=C2)C(C)N1. The van der Waals surface area contributed by atoms with Crippen LogP contribution in [0.5, 0.6) is 0 Å². The van der Waals surface area contributed by atoms with Gasteiger partial charge < -0.3 is 20.1 Å². The number of nitrogens with one attached hydrogen (secondary N) is 2. The lowest BCUT2D eigenvalue weighted by Crippen LogP contribution is -2.55. The topological polar surface area (TPSA) is 83.1 Å². The Morgan fingerprint density at radius 1 is 0.824 bits per heavy atom. The predicted molar refractivity (Wildman–Crippen MR) is 128 cm³/mol. The van der Waals surface area contributed by atoms with Crippen LogP contribution in [0.3, 0.4) is 0 Å². The molecular formula is C26H34N4O4+2. The Morgan fingerprint density at radius 2 is 1.24 bits per heavy atom. The molecule has 180 valence electrons. The zero-order valence-corrected chi connectivity index (χ0v) is 20.3. The summed E-state index contributed by atoms with van der Waals surface area (Å²) in [4.78, 5) is 28.8. The number of hydrogen-bond donors (Lipinski definition) is 2. The fraction of sp³-hybridized carbons (Fsp3) is 0.538. The quantitative estimate of drug-likeness (QED) is 0.566. The van der Waals surface area contributed by atoms with Gasteiger partial charge >= 0.3 is 0 Å². The van der Waals surface area contributed by atoms with Crippen LogP contribution in [0.1, 0.15) is 27.7 Å². The highest BCUT2D eigenvalue weighted by Gasteiger charge is 2.34. The number of Topliss-reactive ketones (excluding diaryl/α,β-unsaturated/α-hetero) is 2. The summed E-state index contributed by atoms with van der Waals surface area (Å²) in [6.45, 7) is 9.53. The fourth-order valence-electron chi connectivity index (χ4n) is 4.60. The van der Waals surface area contributed by atoms with Crippen molar-refractivity contribution in [3.8, 4) is 0 Å². The smallest absolute Gasteiger partial charge is 0.186 e. The maximum absolute atomic E-state index is 12.7. The zero-order chi connectivity index (χ0) is 24.2. The summed E-state index contributed by atoms with van der Waals surface area (Å²) in [5.41, 5.74) is 1.91. The minimum atomic E-state index is -0.445. The first-order valence-electron chi connectivity index (χ1n) is 11.9. The van der Waals surface area contributed by atoms with Crippen LogP contribution >= 0.6 is 0 Å². The zero-order valence-electron chi connectivity index (χ0n) is 20.3. The van der Waals surface area contributed by atoms with Gasteiger partial charge in [0, 0.05) is 24.2 Å². The minimum absolute atomic E-state index is 0.0118. The molecule has 0 aliphatic carbocycles. The Hall–Kier alpha value is -2.70. The third kappa shape index (κ3) is 5.86. The molecule has 0 spiro atoms. The summed E-state index contributed by atoms with van der Waals surface area (Å²) < 4.78 is 11.5. The normalized spacial score (nSPS) is 35.2. The van der Waals surface area contributed by atoms with Gasteiger partial charge in [-0.3, -0.25) is 9.59 Å². The van der Waals surface area contributed by atoms with Crippen molar-refractivity contribution in [2.24, 2.45) is 0 Å². The number of carbonyl (C=O) groups excluding carboxylic acids is 2. The number of morpholine rings is 2. The van der Waals surface area contributed by atoms with Crippen molar-refractivity contribution in [1.29, 1.82) is 0 Å². The van der Waals surface area contributed by atoms with Crippen LogP contribution in [0.4, 0.5) is 0 Å². The van der Waals surface area contributed by atoms with Crippen molar-refractivity contribution in [2.75, 3.05) is 26.3 Å². The van der Waals surface area contributed by atoms with E-state index in [0.717, 1.165) is 11.1 Å². The predicted octanol–water partition coefficient (Wildman–Crippen LogP) is 1.24. The highest BCUT2D eigenvalue weighted by Crippen LogP contribution is 2.20. The molecule has 0 aromatic carbocycles. The molecule has 8 nitrogen and oxygen atoms in total. The van der Waals surface area contributed by atoms with Crippen LogP contribution in [-0.2, 0) is 19.1 Å². The van der Waals surface area contributed by atoms with Gasteiger partial charge in [0.2, 0.25) is 0 Å². The van der Waals surface area contributed by atoms with Gasteiger partial charge in [-0.15, -0.1) is 0 Å². The summed E-state index contributed by atoms with van der Waals surface area (Å²) in [6.07, 6.45) is 16.7. The van der Waals surface area contributed by atoms with Crippen molar-refractivity contribution < 1.29 is 19.1 Å². The van der Waals surface area contributed by atoms with Gasteiger partial charge in [-0.25, -0.2) is 0 Å². The number of rotatable bonds is 6. The Balaban J connectivity index is 1.28. The van der Waals surface area contributed by atoms with Crippen LogP contribution in [0.2, 0.25) is 0 Å². The van der Waals surface area contributed by atoms with Crippen LogP contribution in [-0.4, -0.2) is 84.0 Å². The lowest BCUT2D eigenvalue weighted by Gasteiger charge is -2.33. The molecule has 34 heavy (non-hydrogen) atoms. The van der Waals surface area contributed by atoms with E-state index in [1.54, 1.807) is 9.80 Å². The number of hydrogen-bond acceptors (Lipinski definition) is 8. The highest BCUT2D eigenvalue weighted by molar-refractivity contribution is 5.86. The summed E-state index contributed by atoms with van der Waals surface area (Å²) in [7, 11) is 0. The second-order valence-electron chi connectivity index (χ2n) is 9.50. The molecule has 4 heterocycles. The first kappa shape index (κ1) is 24.4. The van der Waals surface area contributed by atoms with E-state index in [9.17, 15) is 9.59 Å². The fourth-order valence-corrected chi connectivity index (χ4v) is 4.60. The maximum Gasteiger partial charge on any atom is 0.186 e. The van der Waals surface area contributed by atoms with Gasteiger partial charge in [0.1, 0.15) is 62.2 Å². The maximum atomic E-state index is 12.7. The molecule has 6 unspecified atom stereocenters. The lowest BCUT2D eigenvalue weighted by molar-refractivity contribution is -0.137. The molecule has 6 atom stereocenters. The van der Waals surface area contributed by atoms with E-state index in [0.29, 0.717) is 13.2 Å². The number of ether oxygens (including phenoxy) is 2. The molecule has 2 fully saturated rings. The molecule has 4 rings (SSSR count). The molecule has 0 aromatic rings. The van der Waals surface area contributed by atoms with Gasteiger partial charge in [-0.1, -0.05) is 0 Å². The first-order valence-corrected chi connectivity index (χ1v) is 11.9. The molecule has 4 aliphatic rings. The van der Waals surface area contributed by atoms with Crippen molar-refractivity contribution in [2.45, 2.75) is 64.1 Å². The summed E-state index contributed by atoms with van der Waals surface area (Å²) in [6, 6.07) is 0.480. The Kier molecular flexibility index (Phi) is 7.69. The van der Waals surface area contributed by atoms with Crippen molar-refractivity contribution in [3.63, 3.8) is 0 Å². The van der Waals surface area contributed by atoms with Crippen molar-refractivity contribution in [1.82, 2.24) is 20.4 Å². The summed E-state index contributed by atoms with van der Waals surface area (Å²) >= 11 is 0. The molecule has 8 heteroatoms. The number of nitrogens with zero attached hydrogens (tertiary/aromatic N) is 2. The number of carbonyl (C=O) groups is 2. The molecule has 0 aromatic heterocycles. The van der Waals surface area contributed by atoms with Crippen LogP contribution < -0.4 is 10.6 Å². The van der Waals surface area contributed by atoms with Gasteiger partial charge in [0.05, 0.1) is 25.4 Å². The second kappa shape index (κ2) is 10.7. The molecule has 0 bridgehead atoms. The molecule has 0 amide bonds. The first-order chi connectivity index (χ1) is 16.3. The van der Waals surface area contributed by atoms with E-state index in [2.05, 4.69) is 23.0 Å². The van der Waals surface area contributed by atoms with Crippen molar-refractivity contribution in [3.05, 3.63) is 60.3 Å². The van der Waals surface area contributed by atoms with Crippen LogP contribution in [0.25, 0.3) is 0 Å². The summed E-state index contributed by atoms with van der Waals surface area (Å²) in [5, 5.41) is 6.73. The average Bonchev–Trinajstić information content (AvgIpc) is 2.80. The van der Waals surface area contributed by atoms with E-state index in [4.69, 9.17) is 9.47 Å². The molecule has 2 N–H and O–H groups in total. The third-order valence-electron chi connectivity index (χ3n) is 6.31. The summed E-state index contributed by atoms with van der Waals surface area (Å²) in [5.74, 6) is 0.0566. The molecule has 2 saturated heterocycles. The van der Waals surface area contributed by atoms with E-state index in [-0.39, 0.29) is 48.8 Å². The Bertz CT molecular complexity index is 831. The highest BCUT2D eigenvalue weighted by atomic mass is 16.5. The van der Waals surface area contributed by atoms with Gasteiger partial charge in [0.25, 0.3) is 0 Å². The Morgan fingerprint density at radius 3 is 1.56 bits per heavy atom. The van der Waals surface area contributed by atoms with Crippen LogP contribution in [0, 0.1) is 12.4 Å². The van der Waals surface area contributed by atoms with E-state index >= 15 is 0 Å². The van der Waals surface area contributed by atoms with Gasteiger partial charge in [-0.05, 0) is 27.7 Å². The molecule has 0 radical (unpaired) electrons. The number of allylic oxidation sites excluding steroid dienone is 6. The molecule has 4 aliphatic heterocycles. The second-order valence-corrected chi connectivity index (χ2v) is 9.50.